The molecule has 26 heavy (non-hydrogen) atoms. The van der Waals surface area contributed by atoms with Crippen molar-refractivity contribution < 1.29 is 26.7 Å². The second-order valence-corrected chi connectivity index (χ2v) is 12.8. The third-order valence-corrected chi connectivity index (χ3v) is 9.07. The molecular weight excluding hydrogens is 375 g/mol. The maximum absolute atomic E-state index is 12.6. The largest absolute Gasteiger partial charge is 0.475 e. The molecule has 0 amide bonds. The van der Waals surface area contributed by atoms with Crippen LogP contribution in [-0.4, -0.2) is 30.5 Å². The van der Waals surface area contributed by atoms with E-state index < -0.39 is 18.1 Å². The highest BCUT2D eigenvalue weighted by atomic mass is 32.3. The van der Waals surface area contributed by atoms with Gasteiger partial charge in [0.1, 0.15) is 0 Å². The maximum Gasteiger partial charge on any atom is 0.475 e. The van der Waals surface area contributed by atoms with E-state index in [0.717, 1.165) is 11.1 Å². The highest BCUT2D eigenvalue weighted by Crippen LogP contribution is 2.54. The van der Waals surface area contributed by atoms with Gasteiger partial charge >= 0.3 is 7.82 Å². The third-order valence-electron chi connectivity index (χ3n) is 4.00. The molecule has 0 aromatic carbocycles. The third kappa shape index (κ3) is 7.22. The summed E-state index contributed by atoms with van der Waals surface area (Å²) in [5.41, 5.74) is 1.62. The summed E-state index contributed by atoms with van der Waals surface area (Å²) < 4.78 is 40.1. The lowest BCUT2D eigenvalue weighted by Gasteiger charge is -2.43. The summed E-state index contributed by atoms with van der Waals surface area (Å²) >= 11 is 0. The zero-order valence-corrected chi connectivity index (χ0v) is 18.5. The molecule has 152 valence electrons. The summed E-state index contributed by atoms with van der Waals surface area (Å²) in [6.07, 6.45) is 9.67. The molecule has 1 rings (SSSR count). The Hall–Kier alpha value is -0.560. The van der Waals surface area contributed by atoms with Crippen molar-refractivity contribution in [2.75, 3.05) is 25.7 Å². The Bertz CT molecular complexity index is 605. The van der Waals surface area contributed by atoms with E-state index in [4.69, 9.17) is 22.2 Å². The Morgan fingerprint density at radius 3 is 2.31 bits per heavy atom. The van der Waals surface area contributed by atoms with Gasteiger partial charge in [-0.2, -0.15) is 0 Å². The van der Waals surface area contributed by atoms with Gasteiger partial charge in [-0.1, -0.05) is 33.8 Å². The summed E-state index contributed by atoms with van der Waals surface area (Å²) in [6.45, 7) is 12.8. The van der Waals surface area contributed by atoms with Gasteiger partial charge in [0.05, 0.1) is 39.0 Å². The Morgan fingerprint density at radius 1 is 1.15 bits per heavy atom. The van der Waals surface area contributed by atoms with E-state index in [1.54, 1.807) is 12.5 Å². The van der Waals surface area contributed by atoms with Gasteiger partial charge in [0.2, 0.25) is 0 Å². The number of furan rings is 1. The minimum Gasteiger partial charge on any atom is -0.472 e. The minimum atomic E-state index is -3.64. The van der Waals surface area contributed by atoms with Gasteiger partial charge in [-0.25, -0.2) is 4.57 Å². The van der Waals surface area contributed by atoms with Crippen LogP contribution in [0.15, 0.2) is 29.6 Å². The molecule has 1 heterocycles. The van der Waals surface area contributed by atoms with Gasteiger partial charge < -0.3 is 8.60 Å². The molecule has 0 fully saturated rings. The molecule has 0 aliphatic heterocycles. The van der Waals surface area contributed by atoms with Gasteiger partial charge in [0.15, 0.2) is 0 Å². The fourth-order valence-electron chi connectivity index (χ4n) is 1.60. The lowest BCUT2D eigenvalue weighted by molar-refractivity contribution is 0.116. The standard InChI is InChI=1S/C18H33O6PS/c1-8-10-21-25(19,22-11-9-2)23-14-16-12-20-13-17(16)15-24-26(6,7)18(3,4)5/h8,12-13H,1,9-11,14-15H2,2-7H3. The van der Waals surface area contributed by atoms with Crippen LogP contribution in [0.2, 0.25) is 0 Å². The van der Waals surface area contributed by atoms with Crippen LogP contribution in [0.1, 0.15) is 45.2 Å². The first-order chi connectivity index (χ1) is 12.0. The Labute approximate surface area is 159 Å². The van der Waals surface area contributed by atoms with Gasteiger partial charge in [-0.15, -0.1) is 16.9 Å². The van der Waals surface area contributed by atoms with Crippen LogP contribution < -0.4 is 0 Å². The quantitative estimate of drug-likeness (QED) is 0.320. The number of phosphoric acid groups is 1. The van der Waals surface area contributed by atoms with E-state index in [1.165, 1.54) is 6.08 Å². The van der Waals surface area contributed by atoms with E-state index in [1.807, 2.05) is 6.92 Å². The van der Waals surface area contributed by atoms with Crippen LogP contribution in [-0.2, 0) is 35.5 Å². The van der Waals surface area contributed by atoms with E-state index in [0.29, 0.717) is 19.6 Å². The first-order valence-corrected chi connectivity index (χ1v) is 12.4. The lowest BCUT2D eigenvalue weighted by Crippen LogP contribution is -2.25. The number of hydrogen-bond donors (Lipinski definition) is 0. The average Bonchev–Trinajstić information content (AvgIpc) is 3.01. The summed E-state index contributed by atoms with van der Waals surface area (Å²) in [7, 11) is -4.90. The molecule has 8 heteroatoms. The first-order valence-electron chi connectivity index (χ1n) is 8.60. The minimum absolute atomic E-state index is 0.0542. The van der Waals surface area contributed by atoms with Crippen LogP contribution >= 0.6 is 18.1 Å². The van der Waals surface area contributed by atoms with Crippen LogP contribution in [0.25, 0.3) is 0 Å². The fourth-order valence-corrected chi connectivity index (χ4v) is 3.59. The molecule has 1 atom stereocenters. The molecule has 0 N–H and O–H groups in total. The second kappa shape index (κ2) is 10.1. The maximum atomic E-state index is 12.6. The molecule has 0 saturated carbocycles. The van der Waals surface area contributed by atoms with Crippen molar-refractivity contribution in [1.82, 2.24) is 0 Å². The Balaban J connectivity index is 2.72. The van der Waals surface area contributed by atoms with Crippen molar-refractivity contribution in [2.24, 2.45) is 0 Å². The van der Waals surface area contributed by atoms with E-state index in [9.17, 15) is 4.57 Å². The zero-order valence-electron chi connectivity index (χ0n) is 16.8. The van der Waals surface area contributed by atoms with Crippen molar-refractivity contribution >= 4 is 18.1 Å². The smallest absolute Gasteiger partial charge is 0.472 e. The van der Waals surface area contributed by atoms with Crippen LogP contribution in [0.3, 0.4) is 0 Å². The van der Waals surface area contributed by atoms with Crippen molar-refractivity contribution in [3.05, 3.63) is 36.3 Å². The summed E-state index contributed by atoms with van der Waals surface area (Å²) in [5.74, 6) is 0. The predicted molar refractivity (Wildman–Crippen MR) is 107 cm³/mol. The normalized spacial score (nSPS) is 15.6. The summed E-state index contributed by atoms with van der Waals surface area (Å²) in [5, 5.41) is 0. The first kappa shape index (κ1) is 23.5. The molecule has 6 nitrogen and oxygen atoms in total. The molecule has 0 bridgehead atoms. The second-order valence-electron chi connectivity index (χ2n) is 7.17. The predicted octanol–water partition coefficient (Wildman–Crippen LogP) is 5.83. The monoisotopic (exact) mass is 408 g/mol. The van der Waals surface area contributed by atoms with Crippen LogP contribution in [0.5, 0.6) is 0 Å². The molecule has 0 saturated heterocycles. The van der Waals surface area contributed by atoms with Gasteiger partial charge in [0, 0.05) is 15.9 Å². The van der Waals surface area contributed by atoms with Crippen molar-refractivity contribution in [3.63, 3.8) is 0 Å². The highest BCUT2D eigenvalue weighted by Gasteiger charge is 2.30. The molecule has 1 aromatic heterocycles. The van der Waals surface area contributed by atoms with E-state index in [-0.39, 0.29) is 18.0 Å². The van der Waals surface area contributed by atoms with Crippen molar-refractivity contribution in [1.29, 1.82) is 0 Å². The Morgan fingerprint density at radius 2 is 1.77 bits per heavy atom. The topological polar surface area (TPSA) is 67.1 Å². The zero-order chi connectivity index (χ0) is 19.8. The highest BCUT2D eigenvalue weighted by molar-refractivity contribution is 8.29. The fraction of sp³-hybridized carbons (Fsp3) is 0.667. The molecule has 0 radical (unpaired) electrons. The summed E-state index contributed by atoms with van der Waals surface area (Å²) in [4.78, 5) is 0. The Kier molecular flexibility index (Phi) is 9.13. The van der Waals surface area contributed by atoms with Crippen LogP contribution in [0.4, 0.5) is 0 Å². The molecular formula is C18H33O6PS. The SMILES string of the molecule is C=CCOP(=O)(OCCC)OCc1cocc1COS(C)(C)C(C)(C)C. The molecule has 0 spiro atoms. The van der Waals surface area contributed by atoms with E-state index in [2.05, 4.69) is 39.9 Å². The number of phosphoric ester groups is 1. The number of rotatable bonds is 12. The molecule has 0 aliphatic carbocycles. The molecule has 1 unspecified atom stereocenters. The van der Waals surface area contributed by atoms with Crippen molar-refractivity contribution in [3.8, 4) is 0 Å². The molecule has 0 aliphatic rings. The van der Waals surface area contributed by atoms with Crippen LogP contribution in [0, 0.1) is 0 Å². The van der Waals surface area contributed by atoms with Gasteiger partial charge in [-0.05, 0) is 18.9 Å². The number of hydrogen-bond acceptors (Lipinski definition) is 6. The van der Waals surface area contributed by atoms with Gasteiger partial charge in [0.25, 0.3) is 0 Å². The van der Waals surface area contributed by atoms with E-state index >= 15 is 0 Å². The lowest BCUT2D eigenvalue weighted by atomic mass is 10.2. The summed E-state index contributed by atoms with van der Waals surface area (Å²) in [6, 6.07) is 0. The van der Waals surface area contributed by atoms with Crippen molar-refractivity contribution in [2.45, 2.75) is 52.1 Å². The van der Waals surface area contributed by atoms with Gasteiger partial charge in [-0.3, -0.25) is 13.6 Å². The molecule has 1 aromatic rings. The average molecular weight is 408 g/mol.